The van der Waals surface area contributed by atoms with Crippen LogP contribution in [0.5, 0.6) is 5.75 Å². The molecule has 1 fully saturated rings. The van der Waals surface area contributed by atoms with Gasteiger partial charge in [0, 0.05) is 43.1 Å². The van der Waals surface area contributed by atoms with E-state index in [0.29, 0.717) is 39.3 Å². The molecule has 3 amide bonds. The maximum absolute atomic E-state index is 14.8. The summed E-state index contributed by atoms with van der Waals surface area (Å²) in [4.78, 5) is 67.4. The number of carbonyl (C=O) groups excluding carboxylic acids is 4. The number of amides is 3. The van der Waals surface area contributed by atoms with Crippen molar-refractivity contribution in [2.24, 2.45) is 17.8 Å². The van der Waals surface area contributed by atoms with E-state index in [0.717, 1.165) is 0 Å². The number of hydrogen-bond donors (Lipinski definition) is 1. The Hall–Kier alpha value is -6.97. The van der Waals surface area contributed by atoms with Gasteiger partial charge in [-0.3, -0.25) is 29.4 Å². The molecule has 61 heavy (non-hydrogen) atoms. The molecule has 0 radical (unpaired) electrons. The molecule has 310 valence electrons. The van der Waals surface area contributed by atoms with Crippen molar-refractivity contribution < 1.29 is 42.0 Å². The molecular weight excluding hydrogens is 801 g/mol. The van der Waals surface area contributed by atoms with E-state index in [9.17, 15) is 37.7 Å². The number of sulfonamides is 1. The molecule has 1 aliphatic carbocycles. The molecule has 2 aliphatic heterocycles. The third-order valence-electron chi connectivity index (χ3n) is 11.3. The van der Waals surface area contributed by atoms with E-state index in [1.54, 1.807) is 103 Å². The highest BCUT2D eigenvalue weighted by Crippen LogP contribution is 2.44. The molecule has 0 saturated carbocycles. The lowest BCUT2D eigenvalue weighted by atomic mass is 9.74. The van der Waals surface area contributed by atoms with E-state index in [-0.39, 0.29) is 54.6 Å². The molecule has 3 aliphatic rings. The Labute approximate surface area is 351 Å². The van der Waals surface area contributed by atoms with Crippen LogP contribution in [0.15, 0.2) is 144 Å². The maximum atomic E-state index is 14.8. The molecule has 14 nitrogen and oxygen atoms in total. The number of nitro groups is 1. The number of nitrogens with one attached hydrogen (secondary N) is 1. The second-order valence-corrected chi connectivity index (χ2v) is 17.1. The summed E-state index contributed by atoms with van der Waals surface area (Å²) in [6.07, 6.45) is 1.96. The van der Waals surface area contributed by atoms with Gasteiger partial charge in [0.1, 0.15) is 11.8 Å². The standard InChI is InChI=1S/C46H40N4O10S/c1-59-46(54)40-25-33-10-5-6-16-41(33)60-28-35-22-30(23-39-42(35)45(53)49(44(39)52)36-13-3-2-4-14-36)27-48(26-29-9-7-12-34(21-29)43(51)47-40)61(57,58)38-19-17-31(18-20-38)32-11-8-15-37(24-32)50(55)56/h2-22,24,35,39-40,42H,23,25-28H2,1H3,(H,47,51)/t35-,39-,40?,42+/m1/s1. The fourth-order valence-electron chi connectivity index (χ4n) is 8.33. The van der Waals surface area contributed by atoms with Crippen molar-refractivity contribution in [1.29, 1.82) is 0 Å². The summed E-state index contributed by atoms with van der Waals surface area (Å²) in [6.45, 7) is -0.429. The number of carbonyl (C=O) groups is 4. The molecule has 1 N–H and O–H groups in total. The topological polar surface area (TPSA) is 183 Å². The molecule has 8 rings (SSSR count). The molecule has 4 atom stereocenters. The van der Waals surface area contributed by atoms with E-state index in [1.165, 1.54) is 40.6 Å². The van der Waals surface area contributed by atoms with Gasteiger partial charge in [0.2, 0.25) is 21.8 Å². The lowest BCUT2D eigenvalue weighted by Crippen LogP contribution is -2.43. The van der Waals surface area contributed by atoms with Gasteiger partial charge < -0.3 is 14.8 Å². The van der Waals surface area contributed by atoms with Crippen molar-refractivity contribution in [2.45, 2.75) is 30.3 Å². The van der Waals surface area contributed by atoms with Crippen molar-refractivity contribution in [1.82, 2.24) is 9.62 Å². The van der Waals surface area contributed by atoms with Crippen LogP contribution in [0.25, 0.3) is 11.1 Å². The van der Waals surface area contributed by atoms with Crippen LogP contribution in [-0.2, 0) is 42.1 Å². The van der Waals surface area contributed by atoms with E-state index < -0.39 is 56.5 Å². The summed E-state index contributed by atoms with van der Waals surface area (Å²) >= 11 is 0. The smallest absolute Gasteiger partial charge is 0.328 e. The minimum Gasteiger partial charge on any atom is -0.493 e. The molecular formula is C46H40N4O10S. The number of non-ortho nitro benzene ring substituents is 1. The van der Waals surface area contributed by atoms with Crippen LogP contribution < -0.4 is 15.0 Å². The van der Waals surface area contributed by atoms with Crippen LogP contribution >= 0.6 is 0 Å². The molecule has 2 heterocycles. The number of hydrogen-bond acceptors (Lipinski definition) is 10. The number of imide groups is 1. The highest BCUT2D eigenvalue weighted by atomic mass is 32.2. The number of ether oxygens (including phenoxy) is 2. The third kappa shape index (κ3) is 8.29. The van der Waals surface area contributed by atoms with Crippen LogP contribution in [0.2, 0.25) is 0 Å². The zero-order chi connectivity index (χ0) is 42.8. The van der Waals surface area contributed by atoms with Gasteiger partial charge in [-0.25, -0.2) is 13.2 Å². The Morgan fingerprint density at radius 2 is 1.52 bits per heavy atom. The molecule has 0 spiro atoms. The van der Waals surface area contributed by atoms with E-state index in [2.05, 4.69) is 5.32 Å². The van der Waals surface area contributed by atoms with Crippen LogP contribution in [0.4, 0.5) is 11.4 Å². The minimum atomic E-state index is -4.32. The number of nitrogens with zero attached hydrogens (tertiary/aromatic N) is 3. The number of nitro benzene ring substituents is 1. The van der Waals surface area contributed by atoms with Gasteiger partial charge in [0.25, 0.3) is 11.6 Å². The number of fused-ring (bicyclic) bond motifs is 6. The predicted octanol–water partition coefficient (Wildman–Crippen LogP) is 6.11. The van der Waals surface area contributed by atoms with E-state index >= 15 is 0 Å². The average Bonchev–Trinajstić information content (AvgIpc) is 3.53. The molecule has 1 saturated heterocycles. The lowest BCUT2D eigenvalue weighted by molar-refractivity contribution is -0.384. The number of para-hydroxylation sites is 2. The molecule has 5 aromatic rings. The highest BCUT2D eigenvalue weighted by Gasteiger charge is 2.53. The maximum Gasteiger partial charge on any atom is 0.328 e. The van der Waals surface area contributed by atoms with Gasteiger partial charge in [-0.1, -0.05) is 84.4 Å². The zero-order valence-corrected chi connectivity index (χ0v) is 33.7. The van der Waals surface area contributed by atoms with Crippen molar-refractivity contribution in [2.75, 3.05) is 25.2 Å². The van der Waals surface area contributed by atoms with Crippen molar-refractivity contribution in [3.05, 3.63) is 166 Å². The first-order valence-electron chi connectivity index (χ1n) is 19.6. The van der Waals surface area contributed by atoms with Crippen LogP contribution in [0.3, 0.4) is 0 Å². The number of benzene rings is 5. The molecule has 4 bridgehead atoms. The van der Waals surface area contributed by atoms with Gasteiger partial charge >= 0.3 is 5.97 Å². The Morgan fingerprint density at radius 3 is 2.28 bits per heavy atom. The molecule has 1 unspecified atom stereocenters. The molecule has 15 heteroatoms. The number of anilines is 1. The zero-order valence-electron chi connectivity index (χ0n) is 32.9. The summed E-state index contributed by atoms with van der Waals surface area (Å²) < 4.78 is 42.3. The van der Waals surface area contributed by atoms with Crippen molar-refractivity contribution in [3.63, 3.8) is 0 Å². The normalized spacial score (nSPS) is 20.9. The summed E-state index contributed by atoms with van der Waals surface area (Å²) in [5, 5.41) is 14.2. The van der Waals surface area contributed by atoms with Crippen molar-refractivity contribution in [3.8, 4) is 16.9 Å². The fourth-order valence-corrected chi connectivity index (χ4v) is 9.77. The molecule has 0 aromatic heterocycles. The third-order valence-corrected chi connectivity index (χ3v) is 13.1. The van der Waals surface area contributed by atoms with Gasteiger partial charge in [-0.05, 0) is 71.1 Å². The average molecular weight is 841 g/mol. The van der Waals surface area contributed by atoms with Gasteiger partial charge in [0.15, 0.2) is 0 Å². The summed E-state index contributed by atoms with van der Waals surface area (Å²) in [7, 11) is -3.10. The first kappa shape index (κ1) is 40.8. The Kier molecular flexibility index (Phi) is 11.3. The summed E-state index contributed by atoms with van der Waals surface area (Å²) in [5.74, 6) is -3.95. The van der Waals surface area contributed by atoms with Gasteiger partial charge in [-0.2, -0.15) is 4.31 Å². The SMILES string of the molecule is COC(=O)C1Cc2ccccc2OC[C@H]2C=C(C[C@H]3C(=O)N(c4ccccc4)C(=O)[C@@H]23)CN(S(=O)(=O)c2ccc(-c3cccc([N+](=O)[O-])c3)cc2)Cc2cccc(c2)C(=O)N1. The Morgan fingerprint density at radius 1 is 0.803 bits per heavy atom. The quantitative estimate of drug-likeness (QED) is 0.0689. The predicted molar refractivity (Wildman–Crippen MR) is 224 cm³/mol. The van der Waals surface area contributed by atoms with E-state index in [4.69, 9.17) is 9.47 Å². The van der Waals surface area contributed by atoms with E-state index in [1.807, 2.05) is 6.08 Å². The summed E-state index contributed by atoms with van der Waals surface area (Å²) in [6, 6.07) is 33.0. The monoisotopic (exact) mass is 840 g/mol. The van der Waals surface area contributed by atoms with Crippen molar-refractivity contribution >= 4 is 45.1 Å². The van der Waals surface area contributed by atoms with Gasteiger partial charge in [-0.15, -0.1) is 0 Å². The number of rotatable bonds is 6. The van der Waals surface area contributed by atoms with Crippen LogP contribution in [-0.4, -0.2) is 67.6 Å². The first-order valence-corrected chi connectivity index (χ1v) is 21.0. The Balaban J connectivity index is 1.22. The Bertz CT molecular complexity index is 2690. The molecule has 5 aromatic carbocycles. The lowest BCUT2D eigenvalue weighted by Gasteiger charge is -2.32. The second kappa shape index (κ2) is 17.0. The van der Waals surface area contributed by atoms with Gasteiger partial charge in [0.05, 0.1) is 41.1 Å². The second-order valence-electron chi connectivity index (χ2n) is 15.1. The number of methoxy groups -OCH3 is 1. The number of esters is 1. The minimum absolute atomic E-state index is 0.0112. The fraction of sp³-hybridized carbons (Fsp3) is 0.217. The van der Waals surface area contributed by atoms with Crippen LogP contribution in [0, 0.1) is 27.9 Å². The summed E-state index contributed by atoms with van der Waals surface area (Å²) in [5.41, 5.74) is 3.24. The van der Waals surface area contributed by atoms with Crippen LogP contribution in [0.1, 0.15) is 27.9 Å². The highest BCUT2D eigenvalue weighted by molar-refractivity contribution is 7.89. The largest absolute Gasteiger partial charge is 0.493 e. The first-order chi connectivity index (χ1) is 29.4.